The molecule has 0 aliphatic carbocycles. The molecule has 12 heavy (non-hydrogen) atoms. The smallest absolute Gasteiger partial charge is 0.0679 e. The summed E-state index contributed by atoms with van der Waals surface area (Å²) in [4.78, 5) is 2.47. The average Bonchev–Trinajstić information content (AvgIpc) is 2.54. The second-order valence-electron chi connectivity index (χ2n) is 3.81. The number of likely N-dealkylation sites (tertiary alicyclic amines) is 1. The van der Waals surface area contributed by atoms with Crippen LogP contribution >= 0.6 is 11.8 Å². The summed E-state index contributed by atoms with van der Waals surface area (Å²) >= 11 is 2.07. The van der Waals surface area contributed by atoms with E-state index in [1.165, 1.54) is 24.3 Å². The van der Waals surface area contributed by atoms with Crippen LogP contribution in [0.25, 0.3) is 0 Å². The lowest BCUT2D eigenvalue weighted by atomic mass is 10.1. The van der Waals surface area contributed by atoms with Gasteiger partial charge in [0.2, 0.25) is 0 Å². The third-order valence-corrected chi connectivity index (χ3v) is 4.05. The number of β-amino-alcohol motifs (C(OH)–C–C–N with tert-alkyl or cyclic N) is 1. The molecule has 70 valence electrons. The molecule has 0 aromatic rings. The van der Waals surface area contributed by atoms with Gasteiger partial charge in [-0.1, -0.05) is 0 Å². The van der Waals surface area contributed by atoms with Crippen LogP contribution in [0.5, 0.6) is 0 Å². The Labute approximate surface area is 78.3 Å². The molecule has 2 saturated heterocycles. The van der Waals surface area contributed by atoms with Gasteiger partial charge in [-0.05, 0) is 25.0 Å². The van der Waals surface area contributed by atoms with E-state index in [1.807, 2.05) is 0 Å². The highest BCUT2D eigenvalue weighted by atomic mass is 32.2. The van der Waals surface area contributed by atoms with E-state index >= 15 is 0 Å². The van der Waals surface area contributed by atoms with Gasteiger partial charge in [-0.3, -0.25) is 4.90 Å². The standard InChI is InChI=1S/C9H17NOS/c11-9-3-4-10(6-9)8-2-1-5-12-7-8/h8-9,11H,1-7H2. The Bertz CT molecular complexity index is 145. The van der Waals surface area contributed by atoms with Gasteiger partial charge in [0.05, 0.1) is 6.10 Å². The largest absolute Gasteiger partial charge is 0.392 e. The summed E-state index contributed by atoms with van der Waals surface area (Å²) in [6.07, 6.45) is 3.65. The van der Waals surface area contributed by atoms with Crippen molar-refractivity contribution >= 4 is 11.8 Å². The summed E-state index contributed by atoms with van der Waals surface area (Å²) in [5, 5.41) is 9.38. The van der Waals surface area contributed by atoms with Gasteiger partial charge in [0.25, 0.3) is 0 Å². The first-order chi connectivity index (χ1) is 5.86. The molecule has 0 aromatic carbocycles. The quantitative estimate of drug-likeness (QED) is 0.661. The zero-order valence-electron chi connectivity index (χ0n) is 7.41. The van der Waals surface area contributed by atoms with Crippen LogP contribution in [0.2, 0.25) is 0 Å². The summed E-state index contributed by atoms with van der Waals surface area (Å²) < 4.78 is 0. The summed E-state index contributed by atoms with van der Waals surface area (Å²) in [5.74, 6) is 2.62. The monoisotopic (exact) mass is 187 g/mol. The van der Waals surface area contributed by atoms with Gasteiger partial charge in [-0.15, -0.1) is 0 Å². The number of nitrogens with zero attached hydrogens (tertiary/aromatic N) is 1. The molecule has 2 atom stereocenters. The number of hydrogen-bond donors (Lipinski definition) is 1. The molecule has 2 fully saturated rings. The average molecular weight is 187 g/mol. The molecule has 2 aliphatic heterocycles. The highest BCUT2D eigenvalue weighted by molar-refractivity contribution is 7.99. The van der Waals surface area contributed by atoms with Crippen molar-refractivity contribution in [1.82, 2.24) is 4.90 Å². The van der Waals surface area contributed by atoms with E-state index in [4.69, 9.17) is 0 Å². The molecular weight excluding hydrogens is 170 g/mol. The van der Waals surface area contributed by atoms with Crippen LogP contribution in [-0.4, -0.2) is 46.7 Å². The second-order valence-corrected chi connectivity index (χ2v) is 4.96. The van der Waals surface area contributed by atoms with Gasteiger partial charge in [0.15, 0.2) is 0 Å². The Kier molecular flexibility index (Phi) is 2.94. The zero-order chi connectivity index (χ0) is 8.39. The van der Waals surface area contributed by atoms with Gasteiger partial charge in [-0.25, -0.2) is 0 Å². The maximum atomic E-state index is 9.38. The van der Waals surface area contributed by atoms with Gasteiger partial charge in [0.1, 0.15) is 0 Å². The Morgan fingerprint density at radius 2 is 2.25 bits per heavy atom. The van der Waals surface area contributed by atoms with Crippen molar-refractivity contribution in [3.8, 4) is 0 Å². The highest BCUT2D eigenvalue weighted by Crippen LogP contribution is 2.24. The zero-order valence-corrected chi connectivity index (χ0v) is 8.22. The van der Waals surface area contributed by atoms with E-state index in [-0.39, 0.29) is 6.10 Å². The summed E-state index contributed by atoms with van der Waals surface area (Å²) in [6.45, 7) is 2.04. The van der Waals surface area contributed by atoms with Crippen LogP contribution in [0.3, 0.4) is 0 Å². The fourth-order valence-corrected chi connectivity index (χ4v) is 3.30. The van der Waals surface area contributed by atoms with E-state index in [1.54, 1.807) is 0 Å². The minimum absolute atomic E-state index is 0.0445. The van der Waals surface area contributed by atoms with Crippen molar-refractivity contribution < 1.29 is 5.11 Å². The summed E-state index contributed by atoms with van der Waals surface area (Å²) in [5.41, 5.74) is 0. The van der Waals surface area contributed by atoms with Crippen molar-refractivity contribution in [2.24, 2.45) is 0 Å². The first kappa shape index (κ1) is 8.85. The molecule has 0 aromatic heterocycles. The van der Waals surface area contributed by atoms with E-state index in [9.17, 15) is 5.11 Å². The third-order valence-electron chi connectivity index (χ3n) is 2.85. The maximum Gasteiger partial charge on any atom is 0.0679 e. The van der Waals surface area contributed by atoms with Crippen LogP contribution in [-0.2, 0) is 0 Å². The lowest BCUT2D eigenvalue weighted by Crippen LogP contribution is -2.37. The van der Waals surface area contributed by atoms with E-state index in [0.717, 1.165) is 25.6 Å². The van der Waals surface area contributed by atoms with Crippen molar-refractivity contribution in [1.29, 1.82) is 0 Å². The molecule has 3 heteroatoms. The van der Waals surface area contributed by atoms with Crippen molar-refractivity contribution in [3.63, 3.8) is 0 Å². The normalized spacial score (nSPS) is 38.8. The Morgan fingerprint density at radius 3 is 2.83 bits per heavy atom. The molecule has 2 nitrogen and oxygen atoms in total. The molecule has 0 spiro atoms. The number of hydrogen-bond acceptors (Lipinski definition) is 3. The minimum Gasteiger partial charge on any atom is -0.392 e. The molecule has 2 rings (SSSR count). The van der Waals surface area contributed by atoms with Crippen LogP contribution < -0.4 is 0 Å². The first-order valence-electron chi connectivity index (χ1n) is 4.86. The number of aliphatic hydroxyl groups is 1. The Balaban J connectivity index is 1.83. The SMILES string of the molecule is OC1CCN(C2CCCSC2)C1. The maximum absolute atomic E-state index is 9.38. The Morgan fingerprint density at radius 1 is 1.33 bits per heavy atom. The highest BCUT2D eigenvalue weighted by Gasteiger charge is 2.27. The van der Waals surface area contributed by atoms with E-state index in [2.05, 4.69) is 16.7 Å². The molecule has 0 amide bonds. The van der Waals surface area contributed by atoms with E-state index < -0.39 is 0 Å². The molecule has 0 saturated carbocycles. The predicted octanol–water partition coefficient (Wildman–Crippen LogP) is 0.949. The Hall–Kier alpha value is 0.270. The van der Waals surface area contributed by atoms with Crippen molar-refractivity contribution in [2.45, 2.75) is 31.4 Å². The van der Waals surface area contributed by atoms with Crippen LogP contribution in [0.15, 0.2) is 0 Å². The third kappa shape index (κ3) is 1.95. The lowest BCUT2D eigenvalue weighted by molar-refractivity contribution is 0.160. The molecular formula is C9H17NOS. The molecule has 2 aliphatic rings. The number of rotatable bonds is 1. The fourth-order valence-electron chi connectivity index (χ4n) is 2.11. The number of thioether (sulfide) groups is 1. The van der Waals surface area contributed by atoms with Gasteiger partial charge in [-0.2, -0.15) is 11.8 Å². The van der Waals surface area contributed by atoms with E-state index in [0.29, 0.717) is 0 Å². The van der Waals surface area contributed by atoms with Crippen molar-refractivity contribution in [3.05, 3.63) is 0 Å². The molecule has 1 N–H and O–H groups in total. The summed E-state index contributed by atoms with van der Waals surface area (Å²) in [6, 6.07) is 0.765. The van der Waals surface area contributed by atoms with Crippen LogP contribution in [0, 0.1) is 0 Å². The molecule has 2 heterocycles. The summed E-state index contributed by atoms with van der Waals surface area (Å²) in [7, 11) is 0. The van der Waals surface area contributed by atoms with Crippen LogP contribution in [0.1, 0.15) is 19.3 Å². The first-order valence-corrected chi connectivity index (χ1v) is 6.01. The predicted molar refractivity (Wildman–Crippen MR) is 52.5 cm³/mol. The van der Waals surface area contributed by atoms with Crippen LogP contribution in [0.4, 0.5) is 0 Å². The fraction of sp³-hybridized carbons (Fsp3) is 1.00. The van der Waals surface area contributed by atoms with Crippen molar-refractivity contribution in [2.75, 3.05) is 24.6 Å². The number of aliphatic hydroxyl groups excluding tert-OH is 1. The second kappa shape index (κ2) is 3.99. The molecule has 0 bridgehead atoms. The van der Waals surface area contributed by atoms with Gasteiger partial charge >= 0.3 is 0 Å². The lowest BCUT2D eigenvalue weighted by Gasteiger charge is -2.30. The molecule has 0 radical (unpaired) electrons. The topological polar surface area (TPSA) is 23.5 Å². The molecule has 2 unspecified atom stereocenters. The van der Waals surface area contributed by atoms with Gasteiger partial charge < -0.3 is 5.11 Å². The minimum atomic E-state index is -0.0445. The van der Waals surface area contributed by atoms with Gasteiger partial charge in [0, 0.05) is 24.9 Å².